The van der Waals surface area contributed by atoms with E-state index in [0.717, 1.165) is 17.3 Å². The summed E-state index contributed by atoms with van der Waals surface area (Å²) in [5, 5.41) is 3.23. The summed E-state index contributed by atoms with van der Waals surface area (Å²) in [6, 6.07) is 13.1. The van der Waals surface area contributed by atoms with Crippen LogP contribution in [-0.4, -0.2) is 37.7 Å². The number of amides is 1. The Bertz CT molecular complexity index is 1200. The van der Waals surface area contributed by atoms with E-state index in [1.165, 1.54) is 12.1 Å². The molecular weight excluding hydrogens is 482 g/mol. The van der Waals surface area contributed by atoms with Gasteiger partial charge in [-0.2, -0.15) is 0 Å². The van der Waals surface area contributed by atoms with Crippen molar-refractivity contribution in [3.05, 3.63) is 69.0 Å². The van der Waals surface area contributed by atoms with Crippen LogP contribution in [0.4, 0.5) is 0 Å². The van der Waals surface area contributed by atoms with Gasteiger partial charge in [0.2, 0.25) is 0 Å². The van der Waals surface area contributed by atoms with Crippen molar-refractivity contribution >= 4 is 38.8 Å². The van der Waals surface area contributed by atoms with Crippen molar-refractivity contribution in [1.82, 2.24) is 5.32 Å². The Hall–Kier alpha value is -3.17. The average molecular weight is 502 g/mol. The summed E-state index contributed by atoms with van der Waals surface area (Å²) in [6.07, 6.45) is 1.81. The van der Waals surface area contributed by atoms with Gasteiger partial charge >= 0.3 is 11.6 Å². The molecule has 32 heavy (non-hydrogen) atoms. The van der Waals surface area contributed by atoms with Gasteiger partial charge in [-0.15, -0.1) is 0 Å². The van der Waals surface area contributed by atoms with Gasteiger partial charge in [-0.1, -0.05) is 22.0 Å². The van der Waals surface area contributed by atoms with E-state index in [-0.39, 0.29) is 29.6 Å². The van der Waals surface area contributed by atoms with Crippen molar-refractivity contribution in [3.63, 3.8) is 0 Å². The van der Waals surface area contributed by atoms with Gasteiger partial charge in [0.25, 0.3) is 5.91 Å². The highest BCUT2D eigenvalue weighted by Gasteiger charge is 2.19. The van der Waals surface area contributed by atoms with E-state index in [1.807, 2.05) is 6.07 Å². The highest BCUT2D eigenvalue weighted by Crippen LogP contribution is 2.22. The summed E-state index contributed by atoms with van der Waals surface area (Å²) in [6.45, 7) is 0.733. The zero-order valence-electron chi connectivity index (χ0n) is 17.0. The normalized spacial score (nSPS) is 15.5. The second kappa shape index (κ2) is 9.97. The lowest BCUT2D eigenvalue weighted by Crippen LogP contribution is -2.34. The molecule has 1 atom stereocenters. The fraction of sp³-hybridized carbons (Fsp3) is 0.261. The molecule has 0 spiro atoms. The van der Waals surface area contributed by atoms with Gasteiger partial charge in [0.05, 0.1) is 6.10 Å². The van der Waals surface area contributed by atoms with Gasteiger partial charge in [-0.25, -0.2) is 9.59 Å². The number of carbonyl (C=O) groups is 2. The first-order valence-corrected chi connectivity index (χ1v) is 10.8. The molecule has 4 rings (SSSR count). The van der Waals surface area contributed by atoms with Crippen molar-refractivity contribution < 1.29 is 28.2 Å². The lowest BCUT2D eigenvalue weighted by molar-refractivity contribution is -0.136. The number of ether oxygens (including phenoxy) is 3. The highest BCUT2D eigenvalue weighted by molar-refractivity contribution is 9.10. The zero-order valence-corrected chi connectivity index (χ0v) is 18.6. The highest BCUT2D eigenvalue weighted by atomic mass is 79.9. The molecule has 0 radical (unpaired) electrons. The monoisotopic (exact) mass is 501 g/mol. The minimum atomic E-state index is -0.774. The fourth-order valence-corrected chi connectivity index (χ4v) is 3.66. The van der Waals surface area contributed by atoms with Crippen LogP contribution in [-0.2, 0) is 9.53 Å². The average Bonchev–Trinajstić information content (AvgIpc) is 3.29. The lowest BCUT2D eigenvalue weighted by atomic mass is 10.1. The first-order valence-electron chi connectivity index (χ1n) is 10.0. The van der Waals surface area contributed by atoms with E-state index in [1.54, 1.807) is 30.3 Å². The quantitative estimate of drug-likeness (QED) is 0.300. The number of halogens is 1. The minimum Gasteiger partial charge on any atom is -0.482 e. The zero-order chi connectivity index (χ0) is 22.5. The van der Waals surface area contributed by atoms with Crippen LogP contribution in [0, 0.1) is 0 Å². The largest absolute Gasteiger partial charge is 0.482 e. The van der Waals surface area contributed by atoms with Crippen LogP contribution in [0.2, 0.25) is 0 Å². The molecule has 1 amide bonds. The molecule has 1 aliphatic heterocycles. The maximum atomic E-state index is 12.4. The second-order valence-corrected chi connectivity index (χ2v) is 8.13. The summed E-state index contributed by atoms with van der Waals surface area (Å²) >= 11 is 3.33. The Balaban J connectivity index is 1.40. The number of hydrogen-bond donors (Lipinski definition) is 1. The second-order valence-electron chi connectivity index (χ2n) is 7.21. The molecule has 0 saturated carbocycles. The third-order valence-corrected chi connectivity index (χ3v) is 5.34. The molecule has 9 heteroatoms. The van der Waals surface area contributed by atoms with Gasteiger partial charge in [-0.05, 0) is 49.2 Å². The molecule has 1 fully saturated rings. The molecule has 1 N–H and O–H groups in total. The molecule has 2 aromatic carbocycles. The molecule has 1 unspecified atom stereocenters. The van der Waals surface area contributed by atoms with Crippen LogP contribution in [0.5, 0.6) is 11.5 Å². The summed E-state index contributed by atoms with van der Waals surface area (Å²) < 4.78 is 22.2. The Kier molecular flexibility index (Phi) is 6.87. The smallest absolute Gasteiger partial charge is 0.349 e. The van der Waals surface area contributed by atoms with Crippen molar-refractivity contribution in [2.45, 2.75) is 18.9 Å². The molecule has 0 bridgehead atoms. The lowest BCUT2D eigenvalue weighted by Gasteiger charge is -2.10. The van der Waals surface area contributed by atoms with E-state index in [4.69, 9.17) is 18.6 Å². The van der Waals surface area contributed by atoms with Gasteiger partial charge in [0.1, 0.15) is 22.6 Å². The van der Waals surface area contributed by atoms with Crippen molar-refractivity contribution in [2.75, 3.05) is 19.8 Å². The van der Waals surface area contributed by atoms with Crippen molar-refractivity contribution in [3.8, 4) is 11.5 Å². The van der Waals surface area contributed by atoms with Crippen LogP contribution in [0.3, 0.4) is 0 Å². The third-order valence-electron chi connectivity index (χ3n) is 4.85. The van der Waals surface area contributed by atoms with Gasteiger partial charge < -0.3 is 23.9 Å². The molecule has 2 heterocycles. The van der Waals surface area contributed by atoms with Gasteiger partial charge in [0.15, 0.2) is 6.61 Å². The maximum Gasteiger partial charge on any atom is 0.349 e. The van der Waals surface area contributed by atoms with E-state index in [9.17, 15) is 14.4 Å². The predicted octanol–water partition coefficient (Wildman–Crippen LogP) is 3.45. The van der Waals surface area contributed by atoms with Gasteiger partial charge in [-0.3, -0.25) is 4.79 Å². The molecule has 0 aliphatic carbocycles. The summed E-state index contributed by atoms with van der Waals surface area (Å²) in [4.78, 5) is 36.8. The number of rotatable bonds is 7. The number of fused-ring (bicyclic) bond motifs is 1. The summed E-state index contributed by atoms with van der Waals surface area (Å²) in [7, 11) is 0. The minimum absolute atomic E-state index is 0.0314. The van der Waals surface area contributed by atoms with E-state index in [0.29, 0.717) is 24.3 Å². The van der Waals surface area contributed by atoms with Crippen LogP contribution in [0.1, 0.15) is 23.2 Å². The standard InChI is InChI=1S/C23H20BrNO7/c24-15-3-1-4-16(10-15)30-13-21(26)31-17-7-6-14-9-19(23(28)32-20(14)11-17)22(27)25-12-18-5-2-8-29-18/h1,3-4,6-7,9-11,18H,2,5,8,12-13H2,(H,25,27). The van der Waals surface area contributed by atoms with E-state index >= 15 is 0 Å². The maximum absolute atomic E-state index is 12.4. The summed E-state index contributed by atoms with van der Waals surface area (Å²) in [5.41, 5.74) is -0.671. The number of carbonyl (C=O) groups excluding carboxylic acids is 2. The number of esters is 1. The Labute approximate surface area is 191 Å². The Morgan fingerprint density at radius 1 is 1.12 bits per heavy atom. The Morgan fingerprint density at radius 2 is 2.00 bits per heavy atom. The van der Waals surface area contributed by atoms with E-state index in [2.05, 4.69) is 21.2 Å². The summed E-state index contributed by atoms with van der Waals surface area (Å²) in [5.74, 6) is -0.418. The molecule has 1 aromatic heterocycles. The molecule has 8 nitrogen and oxygen atoms in total. The molecule has 1 saturated heterocycles. The van der Waals surface area contributed by atoms with E-state index < -0.39 is 17.5 Å². The number of nitrogens with one attached hydrogen (secondary N) is 1. The predicted molar refractivity (Wildman–Crippen MR) is 119 cm³/mol. The molecule has 3 aromatic rings. The Morgan fingerprint density at radius 3 is 2.78 bits per heavy atom. The molecular formula is C23H20BrNO7. The van der Waals surface area contributed by atoms with Crippen molar-refractivity contribution in [2.24, 2.45) is 0 Å². The van der Waals surface area contributed by atoms with Crippen LogP contribution < -0.4 is 20.4 Å². The first kappa shape index (κ1) is 22.0. The topological polar surface area (TPSA) is 104 Å². The molecule has 1 aliphatic rings. The first-order chi connectivity index (χ1) is 15.5. The van der Waals surface area contributed by atoms with Crippen LogP contribution in [0.25, 0.3) is 11.0 Å². The van der Waals surface area contributed by atoms with Crippen molar-refractivity contribution in [1.29, 1.82) is 0 Å². The van der Waals surface area contributed by atoms with Crippen LogP contribution >= 0.6 is 15.9 Å². The third kappa shape index (κ3) is 5.54. The number of hydrogen-bond acceptors (Lipinski definition) is 7. The number of benzene rings is 2. The molecule has 166 valence electrons. The van der Waals surface area contributed by atoms with Gasteiger partial charge in [0, 0.05) is 29.1 Å². The SMILES string of the molecule is O=C(COc1cccc(Br)c1)Oc1ccc2cc(C(=O)NCC3CCCO3)c(=O)oc2c1. The van der Waals surface area contributed by atoms with Crippen LogP contribution in [0.15, 0.2) is 62.2 Å². The fourth-order valence-electron chi connectivity index (χ4n) is 3.28.